The maximum atomic E-state index is 13.4. The molecular formula is C37H37ClN8O4. The average molecular weight is 693 g/mol. The lowest BCUT2D eigenvalue weighted by molar-refractivity contribution is 0.100. The molecule has 50 heavy (non-hydrogen) atoms. The number of allylic oxidation sites excluding steroid dienone is 2. The first kappa shape index (κ1) is 34.3. The van der Waals surface area contributed by atoms with E-state index >= 15 is 0 Å². The molecule has 0 radical (unpaired) electrons. The van der Waals surface area contributed by atoms with E-state index in [-0.39, 0.29) is 11.6 Å². The quantitative estimate of drug-likeness (QED) is 0.173. The van der Waals surface area contributed by atoms with Gasteiger partial charge in [-0.1, -0.05) is 41.9 Å². The lowest BCUT2D eigenvalue weighted by Gasteiger charge is -2.21. The zero-order valence-electron chi connectivity index (χ0n) is 28.2. The molecule has 4 heterocycles. The molecule has 0 aliphatic carbocycles. The van der Waals surface area contributed by atoms with Crippen LogP contribution in [0.5, 0.6) is 5.75 Å². The number of likely N-dealkylation sites (N-methyl/N-ethyl adjacent to an activating group) is 1. The fourth-order valence-electron chi connectivity index (χ4n) is 6.08. The Morgan fingerprint density at radius 3 is 2.60 bits per heavy atom. The molecule has 4 N–H and O–H groups in total. The van der Waals surface area contributed by atoms with Gasteiger partial charge >= 0.3 is 0 Å². The summed E-state index contributed by atoms with van der Waals surface area (Å²) >= 11 is 6.91. The van der Waals surface area contributed by atoms with Gasteiger partial charge in [-0.3, -0.25) is 14.6 Å². The minimum absolute atomic E-state index is 0.177. The maximum absolute atomic E-state index is 13.4. The Balaban J connectivity index is 1.16. The van der Waals surface area contributed by atoms with Crippen LogP contribution in [0.25, 0.3) is 11.1 Å². The van der Waals surface area contributed by atoms with Crippen molar-refractivity contribution < 1.29 is 19.1 Å². The van der Waals surface area contributed by atoms with Crippen LogP contribution in [0.3, 0.4) is 0 Å². The number of hydrogen-bond donors (Lipinski definition) is 4. The van der Waals surface area contributed by atoms with E-state index in [2.05, 4.69) is 36.1 Å². The van der Waals surface area contributed by atoms with Gasteiger partial charge in [0, 0.05) is 86.2 Å². The van der Waals surface area contributed by atoms with E-state index in [1.807, 2.05) is 67.9 Å². The van der Waals surface area contributed by atoms with E-state index in [1.165, 1.54) is 7.11 Å². The normalized spacial score (nSPS) is 13.9. The summed E-state index contributed by atoms with van der Waals surface area (Å²) in [7, 11) is 5.43. The van der Waals surface area contributed by atoms with Gasteiger partial charge in [0.1, 0.15) is 17.1 Å². The van der Waals surface area contributed by atoms with Gasteiger partial charge in [0.25, 0.3) is 11.8 Å². The highest BCUT2D eigenvalue weighted by molar-refractivity contribution is 6.36. The molecule has 12 nitrogen and oxygen atoms in total. The second-order valence-electron chi connectivity index (χ2n) is 12.1. The molecule has 2 aliphatic rings. The van der Waals surface area contributed by atoms with Crippen LogP contribution < -0.4 is 26.0 Å². The summed E-state index contributed by atoms with van der Waals surface area (Å²) in [6.45, 7) is 4.32. The first-order chi connectivity index (χ1) is 24.2. The zero-order chi connectivity index (χ0) is 35.4. The van der Waals surface area contributed by atoms with Gasteiger partial charge in [0.2, 0.25) is 0 Å². The van der Waals surface area contributed by atoms with E-state index < -0.39 is 5.91 Å². The van der Waals surface area contributed by atoms with E-state index in [0.717, 1.165) is 46.6 Å². The number of fused-ring (bicyclic) bond motifs is 1. The summed E-state index contributed by atoms with van der Waals surface area (Å²) in [5, 5.41) is 12.4. The van der Waals surface area contributed by atoms with Crippen molar-refractivity contribution in [3.63, 3.8) is 0 Å². The first-order valence-electron chi connectivity index (χ1n) is 16.0. The van der Waals surface area contributed by atoms with E-state index in [4.69, 9.17) is 16.3 Å². The summed E-state index contributed by atoms with van der Waals surface area (Å²) in [4.78, 5) is 49.1. The van der Waals surface area contributed by atoms with Gasteiger partial charge in [0.05, 0.1) is 23.5 Å². The summed E-state index contributed by atoms with van der Waals surface area (Å²) in [5.41, 5.74) is 7.36. The molecule has 2 aromatic carbocycles. The van der Waals surface area contributed by atoms with Crippen molar-refractivity contribution in [3.05, 3.63) is 117 Å². The fourth-order valence-corrected chi connectivity index (χ4v) is 6.36. The number of carbonyl (C=O) groups is 2. The highest BCUT2D eigenvalue weighted by Gasteiger charge is 2.25. The van der Waals surface area contributed by atoms with Gasteiger partial charge in [-0.05, 0) is 43.3 Å². The molecular weight excluding hydrogens is 656 g/mol. The van der Waals surface area contributed by atoms with Crippen LogP contribution in [0, 0.1) is 6.92 Å². The third-order valence-corrected chi connectivity index (χ3v) is 9.25. The highest BCUT2D eigenvalue weighted by atomic mass is 35.5. The Hall–Kier alpha value is -5.52. The number of methoxy groups -OCH3 is 1. The predicted molar refractivity (Wildman–Crippen MR) is 193 cm³/mol. The van der Waals surface area contributed by atoms with E-state index in [9.17, 15) is 14.4 Å². The number of benzene rings is 2. The van der Waals surface area contributed by atoms with Crippen molar-refractivity contribution >= 4 is 40.7 Å². The second kappa shape index (κ2) is 14.9. The van der Waals surface area contributed by atoms with Crippen molar-refractivity contribution in [1.82, 2.24) is 30.1 Å². The van der Waals surface area contributed by atoms with Crippen molar-refractivity contribution in [3.8, 4) is 16.9 Å². The van der Waals surface area contributed by atoms with Crippen LogP contribution in [0.4, 0.5) is 11.4 Å². The Morgan fingerprint density at radius 1 is 1.06 bits per heavy atom. The SMILES string of the molecule is COc1cc(C(=O)Nc2cccc(-c3cccc(NC(=O)c4nc5c(n4C)CCN(C)C5)c3Cl)c2C)ncc1CNCC1=CC=CNC1=C=O. The number of halogens is 1. The molecule has 4 aromatic rings. The van der Waals surface area contributed by atoms with Crippen LogP contribution in [0.2, 0.25) is 5.02 Å². The molecule has 0 unspecified atom stereocenters. The Morgan fingerprint density at radius 2 is 1.82 bits per heavy atom. The molecule has 13 heteroatoms. The minimum Gasteiger partial charge on any atom is -0.496 e. The number of ether oxygens (including phenoxy) is 1. The van der Waals surface area contributed by atoms with Gasteiger partial charge in [-0.25, -0.2) is 9.78 Å². The summed E-state index contributed by atoms with van der Waals surface area (Å²) in [6, 6.07) is 12.6. The largest absolute Gasteiger partial charge is 0.496 e. The number of nitrogens with one attached hydrogen (secondary N) is 4. The van der Waals surface area contributed by atoms with Gasteiger partial charge in [0.15, 0.2) is 11.8 Å². The molecule has 6 rings (SSSR count). The number of hydrogen-bond acceptors (Lipinski definition) is 9. The molecule has 0 saturated carbocycles. The number of aromatic nitrogens is 3. The van der Waals surface area contributed by atoms with Crippen molar-refractivity contribution in [1.29, 1.82) is 0 Å². The highest BCUT2D eigenvalue weighted by Crippen LogP contribution is 2.38. The molecule has 2 amide bonds. The number of amides is 2. The predicted octanol–water partition coefficient (Wildman–Crippen LogP) is 4.79. The fraction of sp³-hybridized carbons (Fsp3) is 0.243. The number of anilines is 2. The van der Waals surface area contributed by atoms with Gasteiger partial charge in [-0.2, -0.15) is 0 Å². The first-order valence-corrected chi connectivity index (χ1v) is 16.4. The molecule has 0 fully saturated rings. The van der Waals surface area contributed by atoms with Crippen molar-refractivity contribution in [2.24, 2.45) is 7.05 Å². The number of nitrogens with zero attached hydrogens (tertiary/aromatic N) is 4. The van der Waals surface area contributed by atoms with Crippen LogP contribution in [-0.2, 0) is 31.4 Å². The second-order valence-corrected chi connectivity index (χ2v) is 12.5. The number of pyridine rings is 1. The topological polar surface area (TPSA) is 143 Å². The van der Waals surface area contributed by atoms with Crippen LogP contribution in [-0.4, -0.2) is 64.4 Å². The number of dihydropyridines is 1. The van der Waals surface area contributed by atoms with Crippen LogP contribution in [0.1, 0.15) is 43.6 Å². The van der Waals surface area contributed by atoms with Gasteiger partial charge in [-0.15, -0.1) is 0 Å². The molecule has 0 saturated heterocycles. The molecule has 2 aromatic heterocycles. The number of carbonyl (C=O) groups excluding carboxylic acids is 3. The number of imidazole rings is 1. The average Bonchev–Trinajstić information content (AvgIpc) is 3.45. The van der Waals surface area contributed by atoms with Crippen molar-refractivity contribution in [2.45, 2.75) is 26.4 Å². The minimum atomic E-state index is -0.412. The van der Waals surface area contributed by atoms with Crippen LogP contribution in [0.15, 0.2) is 78.3 Å². The Bertz CT molecular complexity index is 2100. The maximum Gasteiger partial charge on any atom is 0.291 e. The summed E-state index contributed by atoms with van der Waals surface area (Å²) in [5.74, 6) is 1.97. The number of rotatable bonds is 10. The summed E-state index contributed by atoms with van der Waals surface area (Å²) in [6.07, 6.45) is 7.73. The van der Waals surface area contributed by atoms with Crippen molar-refractivity contribution in [2.75, 3.05) is 37.9 Å². The third kappa shape index (κ3) is 7.10. The molecule has 0 bridgehead atoms. The van der Waals surface area contributed by atoms with E-state index in [1.54, 1.807) is 30.6 Å². The Labute approximate surface area is 294 Å². The standard InChI is InChI=1S/C37H37ClN8O4/c1-22-25(26-10-6-12-28(34(26)38)44-37(49)35-42-30-20-45(2)15-13-32(30)46(35)3)9-5-11-27(22)43-36(48)29-16-33(50-4)24(19-41-29)18-39-17-23-8-7-14-40-31(23)21-47/h5-12,14,16,19,39-40H,13,15,17-18,20H2,1-4H3,(H,43,48)(H,44,49). The molecule has 0 spiro atoms. The van der Waals surface area contributed by atoms with E-state index in [0.29, 0.717) is 58.9 Å². The monoisotopic (exact) mass is 692 g/mol. The molecule has 0 atom stereocenters. The zero-order valence-corrected chi connectivity index (χ0v) is 28.9. The summed E-state index contributed by atoms with van der Waals surface area (Å²) < 4.78 is 7.42. The van der Waals surface area contributed by atoms with Crippen LogP contribution >= 0.6 is 11.6 Å². The lowest BCUT2D eigenvalue weighted by Crippen LogP contribution is -2.27. The van der Waals surface area contributed by atoms with Gasteiger partial charge < -0.3 is 35.5 Å². The third-order valence-electron chi connectivity index (χ3n) is 8.84. The molecule has 2 aliphatic heterocycles. The smallest absolute Gasteiger partial charge is 0.291 e. The Kier molecular flexibility index (Phi) is 10.3. The molecule has 256 valence electrons. The lowest BCUT2D eigenvalue weighted by atomic mass is 9.98.